The van der Waals surface area contributed by atoms with E-state index >= 15 is 0 Å². The Morgan fingerprint density at radius 1 is 1.36 bits per heavy atom. The van der Waals surface area contributed by atoms with Crippen LogP contribution in [-0.4, -0.2) is 57.4 Å². The molecule has 1 aromatic heterocycles. The molecule has 1 aliphatic rings. The smallest absolute Gasteiger partial charge is 0.288 e. The van der Waals surface area contributed by atoms with Gasteiger partial charge in [0.25, 0.3) is 11.1 Å². The molecule has 1 aromatic carbocycles. The van der Waals surface area contributed by atoms with Crippen LogP contribution in [0.4, 0.5) is 4.79 Å². The summed E-state index contributed by atoms with van der Waals surface area (Å²) in [6.45, 7) is 0.103. The first-order chi connectivity index (χ1) is 12.0. The third kappa shape index (κ3) is 4.26. The van der Waals surface area contributed by atoms with Crippen LogP contribution in [0.15, 0.2) is 29.0 Å². The van der Waals surface area contributed by atoms with Crippen LogP contribution in [0.1, 0.15) is 0 Å². The fourth-order valence-corrected chi connectivity index (χ4v) is 3.32. The number of thioether (sulfide) groups is 1. The Morgan fingerprint density at radius 3 is 2.96 bits per heavy atom. The molecule has 0 unspecified atom stereocenters. The van der Waals surface area contributed by atoms with E-state index in [0.717, 1.165) is 21.1 Å². The molecule has 1 saturated heterocycles. The van der Waals surface area contributed by atoms with Crippen LogP contribution in [0.5, 0.6) is 5.88 Å². The SMILES string of the molecule is O=C(COc1ncnc2ccc(Br)cc12)NCCN1C(=O)CSC1=O. The number of imide groups is 1. The van der Waals surface area contributed by atoms with Crippen LogP contribution in [0.3, 0.4) is 0 Å². The van der Waals surface area contributed by atoms with Crippen LogP contribution in [0, 0.1) is 0 Å². The number of aromatic nitrogens is 2. The molecule has 0 saturated carbocycles. The van der Waals surface area contributed by atoms with Gasteiger partial charge in [-0.3, -0.25) is 19.3 Å². The van der Waals surface area contributed by atoms with Crippen molar-refractivity contribution in [1.82, 2.24) is 20.2 Å². The van der Waals surface area contributed by atoms with Gasteiger partial charge in [0.15, 0.2) is 6.61 Å². The Balaban J connectivity index is 1.52. The number of carbonyl (C=O) groups excluding carboxylic acids is 3. The van der Waals surface area contributed by atoms with Gasteiger partial charge in [0.1, 0.15) is 6.33 Å². The highest BCUT2D eigenvalue weighted by molar-refractivity contribution is 9.10. The number of benzene rings is 1. The van der Waals surface area contributed by atoms with E-state index in [2.05, 4.69) is 31.2 Å². The largest absolute Gasteiger partial charge is 0.467 e. The van der Waals surface area contributed by atoms with Crippen LogP contribution in [0.25, 0.3) is 10.9 Å². The lowest BCUT2D eigenvalue weighted by Gasteiger charge is -2.13. The van der Waals surface area contributed by atoms with Crippen molar-refractivity contribution >= 4 is 55.6 Å². The highest BCUT2D eigenvalue weighted by atomic mass is 79.9. The lowest BCUT2D eigenvalue weighted by atomic mass is 10.2. The predicted octanol–water partition coefficient (Wildman–Crippen LogP) is 1.58. The van der Waals surface area contributed by atoms with Crippen molar-refractivity contribution < 1.29 is 19.1 Å². The van der Waals surface area contributed by atoms with Crippen molar-refractivity contribution in [2.24, 2.45) is 0 Å². The molecule has 3 rings (SSSR count). The summed E-state index contributed by atoms with van der Waals surface area (Å²) in [7, 11) is 0. The molecule has 1 fully saturated rings. The van der Waals surface area contributed by atoms with Gasteiger partial charge >= 0.3 is 0 Å². The van der Waals surface area contributed by atoms with Crippen LogP contribution in [0.2, 0.25) is 0 Å². The number of carbonyl (C=O) groups is 3. The minimum Gasteiger partial charge on any atom is -0.467 e. The molecule has 0 radical (unpaired) electrons. The van der Waals surface area contributed by atoms with Crippen LogP contribution in [-0.2, 0) is 9.59 Å². The second kappa shape index (κ2) is 7.79. The summed E-state index contributed by atoms with van der Waals surface area (Å²) in [6.07, 6.45) is 1.37. The van der Waals surface area contributed by atoms with E-state index in [1.807, 2.05) is 18.2 Å². The van der Waals surface area contributed by atoms with E-state index in [-0.39, 0.29) is 42.5 Å². The molecule has 0 bridgehead atoms. The van der Waals surface area contributed by atoms with Gasteiger partial charge in [-0.2, -0.15) is 0 Å². The molecule has 8 nitrogen and oxygen atoms in total. The third-order valence-electron chi connectivity index (χ3n) is 3.40. The quantitative estimate of drug-likeness (QED) is 0.750. The number of nitrogens with one attached hydrogen (secondary N) is 1. The van der Waals surface area contributed by atoms with Crippen LogP contribution >= 0.6 is 27.7 Å². The lowest BCUT2D eigenvalue weighted by Crippen LogP contribution is -2.39. The topological polar surface area (TPSA) is 101 Å². The minimum atomic E-state index is -0.367. The summed E-state index contributed by atoms with van der Waals surface area (Å²) in [5.41, 5.74) is 0.706. The second-order valence-electron chi connectivity index (χ2n) is 5.08. The average Bonchev–Trinajstić information content (AvgIpc) is 2.92. The van der Waals surface area contributed by atoms with Crippen molar-refractivity contribution in [3.63, 3.8) is 0 Å². The monoisotopic (exact) mass is 424 g/mol. The number of fused-ring (bicyclic) bond motifs is 1. The maximum absolute atomic E-state index is 11.9. The summed E-state index contributed by atoms with van der Waals surface area (Å²) in [5.74, 6) is -0.138. The summed E-state index contributed by atoms with van der Waals surface area (Å²) in [5, 5.41) is 3.01. The fourth-order valence-electron chi connectivity index (χ4n) is 2.21. The Labute approximate surface area is 155 Å². The van der Waals surface area contributed by atoms with Gasteiger partial charge in [-0.15, -0.1) is 0 Å². The Morgan fingerprint density at radius 2 is 2.20 bits per heavy atom. The van der Waals surface area contributed by atoms with Crippen molar-refractivity contribution in [3.05, 3.63) is 29.0 Å². The molecule has 3 amide bonds. The number of amides is 3. The molecular formula is C15H13BrN4O4S. The van der Waals surface area contributed by atoms with Gasteiger partial charge in [0.05, 0.1) is 16.7 Å². The molecule has 2 heterocycles. The first-order valence-corrected chi connectivity index (χ1v) is 9.09. The molecule has 0 spiro atoms. The van der Waals surface area contributed by atoms with Gasteiger partial charge in [0, 0.05) is 17.6 Å². The molecule has 130 valence electrons. The first-order valence-electron chi connectivity index (χ1n) is 7.31. The zero-order valence-electron chi connectivity index (χ0n) is 12.9. The van der Waals surface area contributed by atoms with E-state index in [9.17, 15) is 14.4 Å². The maximum atomic E-state index is 11.9. The van der Waals surface area contributed by atoms with Crippen molar-refractivity contribution in [2.45, 2.75) is 0 Å². The Hall–Kier alpha value is -2.20. The van der Waals surface area contributed by atoms with E-state index in [0.29, 0.717) is 16.8 Å². The van der Waals surface area contributed by atoms with E-state index in [4.69, 9.17) is 4.74 Å². The maximum Gasteiger partial charge on any atom is 0.288 e. The summed E-state index contributed by atoms with van der Waals surface area (Å²) in [6, 6.07) is 5.48. The molecule has 1 N–H and O–H groups in total. The van der Waals surface area contributed by atoms with Crippen molar-refractivity contribution in [3.8, 4) is 5.88 Å². The highest BCUT2D eigenvalue weighted by Gasteiger charge is 2.29. The fraction of sp³-hybridized carbons (Fsp3) is 0.267. The molecule has 0 aliphatic carbocycles. The number of hydrogen-bond acceptors (Lipinski definition) is 7. The second-order valence-corrected chi connectivity index (χ2v) is 6.92. The molecule has 1 aliphatic heterocycles. The highest BCUT2D eigenvalue weighted by Crippen LogP contribution is 2.24. The summed E-state index contributed by atoms with van der Waals surface area (Å²) >= 11 is 4.34. The Kier molecular flexibility index (Phi) is 5.49. The summed E-state index contributed by atoms with van der Waals surface area (Å²) < 4.78 is 6.31. The van der Waals surface area contributed by atoms with Gasteiger partial charge in [-0.25, -0.2) is 9.97 Å². The van der Waals surface area contributed by atoms with Crippen molar-refractivity contribution in [1.29, 1.82) is 0 Å². The first kappa shape index (κ1) is 17.6. The van der Waals surface area contributed by atoms with Crippen molar-refractivity contribution in [2.75, 3.05) is 25.4 Å². The third-order valence-corrected chi connectivity index (χ3v) is 4.75. The molecule has 25 heavy (non-hydrogen) atoms. The molecule has 2 aromatic rings. The van der Waals surface area contributed by atoms with Gasteiger partial charge in [-0.1, -0.05) is 27.7 Å². The number of ether oxygens (including phenoxy) is 1. The van der Waals surface area contributed by atoms with Crippen LogP contribution < -0.4 is 10.1 Å². The number of rotatable bonds is 6. The summed E-state index contributed by atoms with van der Waals surface area (Å²) in [4.78, 5) is 44.1. The Bertz CT molecular complexity index is 831. The average molecular weight is 425 g/mol. The number of halogens is 1. The molecular weight excluding hydrogens is 412 g/mol. The van der Waals surface area contributed by atoms with E-state index in [1.54, 1.807) is 0 Å². The van der Waals surface area contributed by atoms with E-state index in [1.165, 1.54) is 6.33 Å². The standard InChI is InChI=1S/C15H13BrN4O4S/c16-9-1-2-11-10(5-9)14(19-8-18-11)24-6-12(21)17-3-4-20-13(22)7-25-15(20)23/h1-2,5,8H,3-4,6-7H2,(H,17,21). The number of hydrogen-bond donors (Lipinski definition) is 1. The van der Waals surface area contributed by atoms with Gasteiger partial charge < -0.3 is 10.1 Å². The molecule has 0 atom stereocenters. The lowest BCUT2D eigenvalue weighted by molar-refractivity contribution is -0.126. The minimum absolute atomic E-state index is 0.153. The zero-order chi connectivity index (χ0) is 17.8. The molecule has 10 heteroatoms. The predicted molar refractivity (Wildman–Crippen MR) is 95.3 cm³/mol. The van der Waals surface area contributed by atoms with Gasteiger partial charge in [0.2, 0.25) is 11.8 Å². The zero-order valence-corrected chi connectivity index (χ0v) is 15.3. The van der Waals surface area contributed by atoms with Gasteiger partial charge in [-0.05, 0) is 18.2 Å². The van der Waals surface area contributed by atoms with E-state index < -0.39 is 0 Å². The normalized spacial score (nSPS) is 14.2. The number of nitrogens with zero attached hydrogens (tertiary/aromatic N) is 3.